The Balaban J connectivity index is 1.80. The van der Waals surface area contributed by atoms with Crippen molar-refractivity contribution in [3.63, 3.8) is 0 Å². The molecule has 0 bridgehead atoms. The van der Waals surface area contributed by atoms with Gasteiger partial charge in [-0.1, -0.05) is 18.2 Å². The first-order chi connectivity index (χ1) is 13.0. The molecule has 4 aromatic rings. The minimum Gasteiger partial charge on any atom is -0.493 e. The van der Waals surface area contributed by atoms with Crippen molar-refractivity contribution < 1.29 is 14.3 Å². The zero-order chi connectivity index (χ0) is 19.1. The fourth-order valence-electron chi connectivity index (χ4n) is 2.71. The number of azo groups is 1. The largest absolute Gasteiger partial charge is 0.493 e. The van der Waals surface area contributed by atoms with E-state index < -0.39 is 17.3 Å². The molecular weight excluding hydrogens is 421 g/mol. The van der Waals surface area contributed by atoms with Crippen LogP contribution < -0.4 is 5.56 Å². The van der Waals surface area contributed by atoms with E-state index >= 15 is 0 Å². The SMILES string of the molecule is O=C(N=Nc1c(O)[nH]c2c(Br)cc(F)cc12)c1n[nH]c(=O)c2ccccc12. The quantitative estimate of drug-likeness (QED) is 0.417. The molecule has 0 saturated heterocycles. The number of carbonyl (C=O) groups excluding carboxylic acids is 1. The van der Waals surface area contributed by atoms with Gasteiger partial charge in [0.05, 0.1) is 10.9 Å². The van der Waals surface area contributed by atoms with Crippen LogP contribution in [0.25, 0.3) is 21.7 Å². The molecule has 0 atom stereocenters. The van der Waals surface area contributed by atoms with E-state index in [1.54, 1.807) is 24.3 Å². The van der Waals surface area contributed by atoms with Crippen molar-refractivity contribution in [2.45, 2.75) is 0 Å². The molecule has 0 unspecified atom stereocenters. The molecule has 0 aliphatic heterocycles. The normalized spacial score (nSPS) is 11.6. The maximum Gasteiger partial charge on any atom is 0.316 e. The highest BCUT2D eigenvalue weighted by atomic mass is 79.9. The summed E-state index contributed by atoms with van der Waals surface area (Å²) in [6.07, 6.45) is 0. The number of fused-ring (bicyclic) bond motifs is 2. The van der Waals surface area contributed by atoms with E-state index in [0.29, 0.717) is 15.4 Å². The molecule has 8 nitrogen and oxygen atoms in total. The van der Waals surface area contributed by atoms with Crippen LogP contribution in [0.3, 0.4) is 0 Å². The number of rotatable bonds is 2. The summed E-state index contributed by atoms with van der Waals surface area (Å²) in [5, 5.41) is 24.2. The van der Waals surface area contributed by atoms with Gasteiger partial charge in [-0.15, -0.1) is 10.2 Å². The second-order valence-corrected chi connectivity index (χ2v) is 6.44. The van der Waals surface area contributed by atoms with E-state index in [9.17, 15) is 19.1 Å². The average molecular weight is 430 g/mol. The third-order valence-electron chi connectivity index (χ3n) is 3.92. The van der Waals surface area contributed by atoms with Crippen molar-refractivity contribution in [2.24, 2.45) is 10.2 Å². The number of nitrogens with one attached hydrogen (secondary N) is 2. The van der Waals surface area contributed by atoms with Crippen molar-refractivity contribution in [2.75, 3.05) is 0 Å². The molecule has 3 N–H and O–H groups in total. The van der Waals surface area contributed by atoms with Crippen molar-refractivity contribution in [1.29, 1.82) is 0 Å². The summed E-state index contributed by atoms with van der Waals surface area (Å²) in [7, 11) is 0. The van der Waals surface area contributed by atoms with Crippen LogP contribution in [0.5, 0.6) is 5.88 Å². The maximum absolute atomic E-state index is 13.7. The average Bonchev–Trinajstić information content (AvgIpc) is 2.96. The fraction of sp³-hybridized carbons (Fsp3) is 0. The number of halogens is 2. The fourth-order valence-corrected chi connectivity index (χ4v) is 3.25. The van der Waals surface area contributed by atoms with E-state index in [1.807, 2.05) is 0 Å². The molecule has 2 heterocycles. The number of carbonyl (C=O) groups is 1. The molecule has 0 aliphatic carbocycles. The summed E-state index contributed by atoms with van der Waals surface area (Å²) in [4.78, 5) is 26.9. The molecule has 2 aromatic carbocycles. The smallest absolute Gasteiger partial charge is 0.316 e. The first-order valence-electron chi connectivity index (χ1n) is 7.59. The summed E-state index contributed by atoms with van der Waals surface area (Å²) in [5.41, 5.74) is -0.218. The second kappa shape index (κ2) is 6.40. The van der Waals surface area contributed by atoms with Crippen LogP contribution in [-0.4, -0.2) is 26.2 Å². The number of aromatic hydroxyl groups is 1. The van der Waals surface area contributed by atoms with Crippen LogP contribution in [0, 0.1) is 5.82 Å². The maximum atomic E-state index is 13.7. The lowest BCUT2D eigenvalue weighted by Gasteiger charge is -2.00. The number of aromatic amines is 2. The van der Waals surface area contributed by atoms with Gasteiger partial charge in [-0.25, -0.2) is 9.49 Å². The number of hydrogen-bond acceptors (Lipinski definition) is 5. The van der Waals surface area contributed by atoms with E-state index in [-0.39, 0.29) is 28.0 Å². The molecule has 0 aliphatic rings. The summed E-state index contributed by atoms with van der Waals surface area (Å²) < 4.78 is 14.0. The van der Waals surface area contributed by atoms with Crippen LogP contribution in [0.15, 0.2) is 55.9 Å². The number of aromatic nitrogens is 3. The predicted molar refractivity (Wildman–Crippen MR) is 98.8 cm³/mol. The van der Waals surface area contributed by atoms with E-state index in [1.165, 1.54) is 6.07 Å². The first-order valence-corrected chi connectivity index (χ1v) is 8.38. The molecule has 134 valence electrons. The van der Waals surface area contributed by atoms with E-state index in [0.717, 1.165) is 6.07 Å². The van der Waals surface area contributed by atoms with Gasteiger partial charge in [0.1, 0.15) is 5.82 Å². The first kappa shape index (κ1) is 17.0. The zero-order valence-electron chi connectivity index (χ0n) is 13.3. The van der Waals surface area contributed by atoms with Crippen LogP contribution in [0.2, 0.25) is 0 Å². The minimum atomic E-state index is -0.827. The Morgan fingerprint density at radius 3 is 2.70 bits per heavy atom. The third-order valence-corrected chi connectivity index (χ3v) is 4.54. The van der Waals surface area contributed by atoms with E-state index in [4.69, 9.17) is 0 Å². The molecule has 10 heteroatoms. The van der Waals surface area contributed by atoms with Gasteiger partial charge in [0.2, 0.25) is 5.88 Å². The highest BCUT2D eigenvalue weighted by Crippen LogP contribution is 2.39. The Morgan fingerprint density at radius 2 is 1.93 bits per heavy atom. The lowest BCUT2D eigenvalue weighted by Crippen LogP contribution is -2.13. The van der Waals surface area contributed by atoms with Gasteiger partial charge in [-0.05, 0) is 34.1 Å². The molecule has 1 amide bonds. The zero-order valence-corrected chi connectivity index (χ0v) is 14.9. The van der Waals surface area contributed by atoms with Crippen molar-refractivity contribution in [3.05, 3.63) is 62.7 Å². The number of nitrogens with zero attached hydrogens (tertiary/aromatic N) is 3. The van der Waals surface area contributed by atoms with Gasteiger partial charge in [-0.3, -0.25) is 9.59 Å². The molecule has 0 spiro atoms. The van der Waals surface area contributed by atoms with Crippen molar-refractivity contribution >= 4 is 49.2 Å². The van der Waals surface area contributed by atoms with Gasteiger partial charge in [0.15, 0.2) is 11.4 Å². The summed E-state index contributed by atoms with van der Waals surface area (Å²) in [6, 6.07) is 8.81. The van der Waals surface area contributed by atoms with Crippen LogP contribution in [0.1, 0.15) is 10.5 Å². The lowest BCUT2D eigenvalue weighted by molar-refractivity contribution is 0.0991. The molecule has 2 aromatic heterocycles. The molecule has 0 radical (unpaired) electrons. The minimum absolute atomic E-state index is 0.0905. The number of amides is 1. The predicted octanol–water partition coefficient (Wildman–Crippen LogP) is 3.94. The molecular formula is C17H9BrFN5O3. The Kier molecular flexibility index (Phi) is 4.04. The van der Waals surface area contributed by atoms with Gasteiger partial charge < -0.3 is 10.1 Å². The number of H-pyrrole nitrogens is 2. The summed E-state index contributed by atoms with van der Waals surface area (Å²) in [5.74, 6) is -1.75. The van der Waals surface area contributed by atoms with Gasteiger partial charge >= 0.3 is 5.91 Å². The van der Waals surface area contributed by atoms with Crippen LogP contribution in [-0.2, 0) is 0 Å². The Morgan fingerprint density at radius 1 is 1.19 bits per heavy atom. The van der Waals surface area contributed by atoms with Crippen molar-refractivity contribution in [3.8, 4) is 5.88 Å². The Labute approximate surface area is 157 Å². The Bertz CT molecular complexity index is 1310. The number of hydrogen-bond donors (Lipinski definition) is 3. The monoisotopic (exact) mass is 429 g/mol. The Hall–Kier alpha value is -3.40. The van der Waals surface area contributed by atoms with E-state index in [2.05, 4.69) is 41.3 Å². The summed E-state index contributed by atoms with van der Waals surface area (Å²) in [6.45, 7) is 0. The number of benzene rings is 2. The van der Waals surface area contributed by atoms with Crippen LogP contribution >= 0.6 is 15.9 Å². The molecule has 27 heavy (non-hydrogen) atoms. The second-order valence-electron chi connectivity index (χ2n) is 5.58. The van der Waals surface area contributed by atoms with Gasteiger partial charge in [0.25, 0.3) is 5.56 Å². The highest BCUT2D eigenvalue weighted by molar-refractivity contribution is 9.10. The van der Waals surface area contributed by atoms with Crippen LogP contribution in [0.4, 0.5) is 10.1 Å². The third kappa shape index (κ3) is 2.89. The standard InChI is InChI=1S/C17H9BrFN5O3/c18-11-6-7(19)5-10-12(11)20-16(26)14(10)22-24-17(27)13-8-3-1-2-4-9(8)15(25)23-21-13/h1-6,20,26H,(H,23,25). The van der Waals surface area contributed by atoms with Gasteiger partial charge in [-0.2, -0.15) is 5.10 Å². The molecule has 0 fully saturated rings. The van der Waals surface area contributed by atoms with Gasteiger partial charge in [0, 0.05) is 15.2 Å². The van der Waals surface area contributed by atoms with Crippen molar-refractivity contribution in [1.82, 2.24) is 15.2 Å². The lowest BCUT2D eigenvalue weighted by atomic mass is 10.1. The molecule has 4 rings (SSSR count). The topological polar surface area (TPSA) is 124 Å². The molecule has 0 saturated carbocycles. The summed E-state index contributed by atoms with van der Waals surface area (Å²) >= 11 is 3.18. The highest BCUT2D eigenvalue weighted by Gasteiger charge is 2.17.